The van der Waals surface area contributed by atoms with Gasteiger partial charge in [-0.1, -0.05) is 45.4 Å². The Hall–Kier alpha value is -0.0800. The molecule has 112 valence electrons. The number of rotatable bonds is 5. The highest BCUT2D eigenvalue weighted by atomic mass is 15.2. The van der Waals surface area contributed by atoms with E-state index in [4.69, 9.17) is 0 Å². The van der Waals surface area contributed by atoms with E-state index in [2.05, 4.69) is 24.2 Å². The molecule has 1 N–H and O–H groups in total. The zero-order valence-corrected chi connectivity index (χ0v) is 13.2. The molecule has 19 heavy (non-hydrogen) atoms. The molecule has 2 saturated carbocycles. The van der Waals surface area contributed by atoms with Crippen molar-refractivity contribution >= 4 is 0 Å². The van der Waals surface area contributed by atoms with E-state index < -0.39 is 0 Å². The number of nitrogens with zero attached hydrogens (tertiary/aromatic N) is 1. The summed E-state index contributed by atoms with van der Waals surface area (Å²) in [4.78, 5) is 2.70. The second-order valence-corrected chi connectivity index (χ2v) is 6.81. The summed E-state index contributed by atoms with van der Waals surface area (Å²) in [6, 6.07) is 1.52. The van der Waals surface area contributed by atoms with Gasteiger partial charge in [0.05, 0.1) is 0 Å². The molecule has 0 heterocycles. The van der Waals surface area contributed by atoms with E-state index in [1.807, 2.05) is 0 Å². The minimum atomic E-state index is 0.737. The summed E-state index contributed by atoms with van der Waals surface area (Å²) in [5, 5.41) is 3.75. The van der Waals surface area contributed by atoms with Crippen molar-refractivity contribution < 1.29 is 0 Å². The minimum absolute atomic E-state index is 0.737. The molecule has 0 spiro atoms. The lowest BCUT2D eigenvalue weighted by atomic mass is 9.88. The van der Waals surface area contributed by atoms with Gasteiger partial charge in [0.15, 0.2) is 0 Å². The Morgan fingerprint density at radius 1 is 0.895 bits per heavy atom. The highest BCUT2D eigenvalue weighted by Gasteiger charge is 2.27. The minimum Gasteiger partial charge on any atom is -0.313 e. The quantitative estimate of drug-likeness (QED) is 0.761. The monoisotopic (exact) mass is 266 g/mol. The van der Waals surface area contributed by atoms with Gasteiger partial charge in [0.25, 0.3) is 0 Å². The Labute approximate surface area is 120 Å². The molecule has 0 radical (unpaired) electrons. The lowest BCUT2D eigenvalue weighted by Crippen LogP contribution is -2.49. The van der Waals surface area contributed by atoms with Crippen LogP contribution < -0.4 is 5.32 Å². The topological polar surface area (TPSA) is 15.3 Å². The maximum Gasteiger partial charge on any atom is 0.0246 e. The van der Waals surface area contributed by atoms with Crippen LogP contribution in [0.1, 0.15) is 71.1 Å². The van der Waals surface area contributed by atoms with Crippen molar-refractivity contribution in [1.82, 2.24) is 10.2 Å². The van der Waals surface area contributed by atoms with Crippen LogP contribution >= 0.6 is 0 Å². The van der Waals surface area contributed by atoms with Crippen molar-refractivity contribution in [2.24, 2.45) is 5.92 Å². The van der Waals surface area contributed by atoms with E-state index >= 15 is 0 Å². The highest BCUT2D eigenvalue weighted by Crippen LogP contribution is 2.27. The molecule has 2 aliphatic carbocycles. The third kappa shape index (κ3) is 4.75. The molecule has 2 aliphatic rings. The summed E-state index contributed by atoms with van der Waals surface area (Å²) in [5.74, 6) is 0.976. The summed E-state index contributed by atoms with van der Waals surface area (Å²) < 4.78 is 0. The van der Waals surface area contributed by atoms with Gasteiger partial charge >= 0.3 is 0 Å². The summed E-state index contributed by atoms with van der Waals surface area (Å²) in [5.41, 5.74) is 0. The second-order valence-electron chi connectivity index (χ2n) is 6.81. The van der Waals surface area contributed by atoms with E-state index in [0.717, 1.165) is 24.5 Å². The average Bonchev–Trinajstić information content (AvgIpc) is 2.66. The molecular weight excluding hydrogens is 232 g/mol. The standard InChI is InChI=1S/C17H34N2/c1-3-18-16-12-8-5-9-13-17(16)19(2)14-15-10-6-4-7-11-15/h15-18H,3-14H2,1-2H3. The van der Waals surface area contributed by atoms with Gasteiger partial charge in [-0.15, -0.1) is 0 Å². The van der Waals surface area contributed by atoms with Gasteiger partial charge < -0.3 is 10.2 Å². The van der Waals surface area contributed by atoms with Crippen LogP contribution in [0.4, 0.5) is 0 Å². The fourth-order valence-electron chi connectivity index (χ4n) is 4.23. The van der Waals surface area contributed by atoms with E-state index in [1.165, 1.54) is 70.8 Å². The summed E-state index contributed by atoms with van der Waals surface area (Å²) in [6.07, 6.45) is 14.5. The first-order valence-corrected chi connectivity index (χ1v) is 8.75. The lowest BCUT2D eigenvalue weighted by Gasteiger charge is -2.37. The maximum atomic E-state index is 3.75. The zero-order valence-electron chi connectivity index (χ0n) is 13.2. The molecule has 0 aromatic carbocycles. The predicted octanol–water partition coefficient (Wildman–Crippen LogP) is 3.81. The fraction of sp³-hybridized carbons (Fsp3) is 1.00. The van der Waals surface area contributed by atoms with E-state index in [0.29, 0.717) is 0 Å². The van der Waals surface area contributed by atoms with Gasteiger partial charge in [-0.3, -0.25) is 0 Å². The number of hydrogen-bond donors (Lipinski definition) is 1. The molecular formula is C17H34N2. The molecule has 2 unspecified atom stereocenters. The van der Waals surface area contributed by atoms with E-state index in [1.54, 1.807) is 0 Å². The Morgan fingerprint density at radius 3 is 2.21 bits per heavy atom. The third-order valence-electron chi connectivity index (χ3n) is 5.28. The number of hydrogen-bond acceptors (Lipinski definition) is 2. The van der Waals surface area contributed by atoms with Crippen molar-refractivity contribution in [2.45, 2.75) is 83.2 Å². The fourth-order valence-corrected chi connectivity index (χ4v) is 4.23. The summed E-state index contributed by atoms with van der Waals surface area (Å²) in [7, 11) is 2.38. The Kier molecular flexibility index (Phi) is 6.66. The molecule has 0 saturated heterocycles. The first-order valence-electron chi connectivity index (χ1n) is 8.75. The van der Waals surface area contributed by atoms with Gasteiger partial charge in [0, 0.05) is 18.6 Å². The molecule has 2 nitrogen and oxygen atoms in total. The lowest BCUT2D eigenvalue weighted by molar-refractivity contribution is 0.144. The van der Waals surface area contributed by atoms with E-state index in [9.17, 15) is 0 Å². The van der Waals surface area contributed by atoms with Crippen LogP contribution in [0, 0.1) is 5.92 Å². The predicted molar refractivity (Wildman–Crippen MR) is 83.5 cm³/mol. The van der Waals surface area contributed by atoms with Crippen LogP contribution in [0.3, 0.4) is 0 Å². The van der Waals surface area contributed by atoms with Gasteiger partial charge in [-0.2, -0.15) is 0 Å². The molecule has 2 fully saturated rings. The van der Waals surface area contributed by atoms with Crippen molar-refractivity contribution in [2.75, 3.05) is 20.1 Å². The van der Waals surface area contributed by atoms with Crippen LogP contribution in [-0.2, 0) is 0 Å². The molecule has 2 heteroatoms. The highest BCUT2D eigenvalue weighted by molar-refractivity contribution is 4.86. The Balaban J connectivity index is 1.87. The molecule has 2 atom stereocenters. The first-order chi connectivity index (χ1) is 9.31. The summed E-state index contributed by atoms with van der Waals surface area (Å²) in [6.45, 7) is 4.72. The largest absolute Gasteiger partial charge is 0.313 e. The zero-order chi connectivity index (χ0) is 13.5. The first kappa shape index (κ1) is 15.3. The third-order valence-corrected chi connectivity index (χ3v) is 5.28. The van der Waals surface area contributed by atoms with Crippen molar-refractivity contribution in [3.63, 3.8) is 0 Å². The molecule has 2 rings (SSSR count). The van der Waals surface area contributed by atoms with E-state index in [-0.39, 0.29) is 0 Å². The van der Waals surface area contributed by atoms with Crippen LogP contribution in [0.5, 0.6) is 0 Å². The van der Waals surface area contributed by atoms with Gasteiger partial charge in [0.2, 0.25) is 0 Å². The van der Waals surface area contributed by atoms with Crippen LogP contribution in [0.25, 0.3) is 0 Å². The van der Waals surface area contributed by atoms with Crippen LogP contribution in [0.15, 0.2) is 0 Å². The van der Waals surface area contributed by atoms with Crippen LogP contribution in [-0.4, -0.2) is 37.1 Å². The van der Waals surface area contributed by atoms with Crippen molar-refractivity contribution in [3.8, 4) is 0 Å². The molecule has 0 bridgehead atoms. The SMILES string of the molecule is CCNC1CCCCCC1N(C)CC1CCCCC1. The van der Waals surface area contributed by atoms with Gasteiger partial charge in [0.1, 0.15) is 0 Å². The summed E-state index contributed by atoms with van der Waals surface area (Å²) >= 11 is 0. The second kappa shape index (κ2) is 8.26. The molecule has 0 aromatic rings. The molecule has 0 amide bonds. The molecule has 0 aliphatic heterocycles. The van der Waals surface area contributed by atoms with Crippen LogP contribution in [0.2, 0.25) is 0 Å². The maximum absolute atomic E-state index is 3.75. The smallest absolute Gasteiger partial charge is 0.0246 e. The van der Waals surface area contributed by atoms with Gasteiger partial charge in [-0.05, 0) is 45.2 Å². The number of nitrogens with one attached hydrogen (secondary N) is 1. The Bertz CT molecular complexity index is 235. The van der Waals surface area contributed by atoms with Crippen molar-refractivity contribution in [1.29, 1.82) is 0 Å². The molecule has 0 aromatic heterocycles. The van der Waals surface area contributed by atoms with Crippen molar-refractivity contribution in [3.05, 3.63) is 0 Å². The van der Waals surface area contributed by atoms with Gasteiger partial charge in [-0.25, -0.2) is 0 Å². The Morgan fingerprint density at radius 2 is 1.53 bits per heavy atom. The normalized spacial score (nSPS) is 30.5. The number of likely N-dealkylation sites (N-methyl/N-ethyl adjacent to an activating group) is 2. The average molecular weight is 266 g/mol.